The number of benzene rings is 1. The summed E-state index contributed by atoms with van der Waals surface area (Å²) in [6, 6.07) is 8.02. The van der Waals surface area contributed by atoms with Crippen LogP contribution in [-0.2, 0) is 16.0 Å². The number of hydrogen-bond acceptors (Lipinski definition) is 6. The van der Waals surface area contributed by atoms with Crippen molar-refractivity contribution >= 4 is 28.3 Å². The van der Waals surface area contributed by atoms with Crippen molar-refractivity contribution in [1.82, 2.24) is 0 Å². The van der Waals surface area contributed by atoms with Gasteiger partial charge in [-0.05, 0) is 44.0 Å². The van der Waals surface area contributed by atoms with Gasteiger partial charge in [-0.2, -0.15) is 0 Å². The predicted molar refractivity (Wildman–Crippen MR) is 116 cm³/mol. The number of hydrogen-bond donors (Lipinski definition) is 0. The van der Waals surface area contributed by atoms with Gasteiger partial charge in [0.2, 0.25) is 6.79 Å². The van der Waals surface area contributed by atoms with Crippen molar-refractivity contribution in [3.63, 3.8) is 0 Å². The minimum absolute atomic E-state index is 0.251. The van der Waals surface area contributed by atoms with Crippen molar-refractivity contribution in [3.8, 4) is 22.1 Å². The Bertz CT molecular complexity index is 1100. The van der Waals surface area contributed by atoms with Gasteiger partial charge in [0.05, 0.1) is 0 Å². The number of fused-ring (bicyclic) bond motifs is 1. The number of ether oxygens (including phenoxy) is 3. The summed E-state index contributed by atoms with van der Waals surface area (Å²) in [5, 5.41) is 0.685. The molecule has 3 rings (SSSR count). The summed E-state index contributed by atoms with van der Waals surface area (Å²) in [4.78, 5) is 12.5. The summed E-state index contributed by atoms with van der Waals surface area (Å²) in [6.45, 7) is 6.76. The molecule has 0 atom stereocenters. The fourth-order valence-electron chi connectivity index (χ4n) is 2.95. The lowest BCUT2D eigenvalue weighted by Crippen LogP contribution is -2.17. The van der Waals surface area contributed by atoms with Crippen molar-refractivity contribution in [2.45, 2.75) is 45.9 Å². The van der Waals surface area contributed by atoms with Crippen molar-refractivity contribution in [3.05, 3.63) is 47.4 Å². The summed E-state index contributed by atoms with van der Waals surface area (Å²) in [7, 11) is 0. The average Bonchev–Trinajstić information content (AvgIpc) is 3.30. The third-order valence-corrected chi connectivity index (χ3v) is 5.67. The van der Waals surface area contributed by atoms with E-state index in [9.17, 15) is 18.0 Å². The molecule has 0 N–H and O–H groups in total. The Morgan fingerprint density at radius 2 is 1.97 bits per heavy atom. The Balaban J connectivity index is 1.83. The molecule has 2 aromatic heterocycles. The van der Waals surface area contributed by atoms with Crippen molar-refractivity contribution in [1.29, 1.82) is 0 Å². The minimum Gasteiger partial charge on any atom is -0.457 e. The molecule has 0 aliphatic carbocycles. The third-order valence-electron chi connectivity index (χ3n) is 4.48. The lowest BCUT2D eigenvalue weighted by atomic mass is 10.2. The van der Waals surface area contributed by atoms with Gasteiger partial charge in [0.15, 0.2) is 5.75 Å². The van der Waals surface area contributed by atoms with Crippen LogP contribution >= 0.6 is 11.3 Å². The van der Waals surface area contributed by atoms with Crippen LogP contribution in [0.1, 0.15) is 38.0 Å². The van der Waals surface area contributed by atoms with E-state index < -0.39 is 12.3 Å². The highest BCUT2D eigenvalue weighted by Gasteiger charge is 2.33. The fraction of sp³-hybridized carbons (Fsp3) is 0.348. The van der Waals surface area contributed by atoms with Crippen LogP contribution in [-0.4, -0.2) is 19.1 Å². The van der Waals surface area contributed by atoms with Crippen LogP contribution in [0.15, 0.2) is 46.9 Å². The van der Waals surface area contributed by atoms with E-state index in [1.54, 1.807) is 24.3 Å². The standard InChI is InChI=1S/C23H23F3O5S/c1-4-5-6-7-17-12-20(31-23(24,25)26)21(32-17)19-10-15-8-9-16(11-18(15)30-19)28-13-29-22(27)14(2)3/h8-12H,2,4-7,13H2,1,3H3. The molecule has 0 radical (unpaired) electrons. The maximum Gasteiger partial charge on any atom is 0.573 e. The van der Waals surface area contributed by atoms with Crippen LogP contribution in [0.3, 0.4) is 0 Å². The Kier molecular flexibility index (Phi) is 7.50. The van der Waals surface area contributed by atoms with Gasteiger partial charge in [0.1, 0.15) is 22.0 Å². The Labute approximate surface area is 187 Å². The van der Waals surface area contributed by atoms with E-state index in [4.69, 9.17) is 13.9 Å². The van der Waals surface area contributed by atoms with Gasteiger partial charge in [0, 0.05) is 21.9 Å². The van der Waals surface area contributed by atoms with Gasteiger partial charge in [-0.25, -0.2) is 4.79 Å². The predicted octanol–water partition coefficient (Wildman–Crippen LogP) is 7.25. The summed E-state index contributed by atoms with van der Waals surface area (Å²) in [6.07, 6.45) is -1.22. The van der Waals surface area contributed by atoms with Gasteiger partial charge in [-0.15, -0.1) is 24.5 Å². The topological polar surface area (TPSA) is 57.9 Å². The minimum atomic E-state index is -4.80. The number of thiophene rings is 1. The molecule has 0 aliphatic rings. The lowest BCUT2D eigenvalue weighted by Gasteiger charge is -2.08. The van der Waals surface area contributed by atoms with E-state index in [-0.39, 0.29) is 28.8 Å². The number of aryl methyl sites for hydroxylation is 1. The molecule has 0 aliphatic heterocycles. The molecule has 9 heteroatoms. The molecule has 0 bridgehead atoms. The van der Waals surface area contributed by atoms with Crippen molar-refractivity contribution in [2.24, 2.45) is 0 Å². The monoisotopic (exact) mass is 468 g/mol. The molecule has 0 unspecified atom stereocenters. The zero-order valence-electron chi connectivity index (χ0n) is 17.7. The van der Waals surface area contributed by atoms with Crippen molar-refractivity contribution < 1.29 is 36.6 Å². The van der Waals surface area contributed by atoms with E-state index in [1.807, 2.05) is 0 Å². The highest BCUT2D eigenvalue weighted by Crippen LogP contribution is 2.43. The van der Waals surface area contributed by atoms with Crippen LogP contribution < -0.4 is 9.47 Å². The summed E-state index contributed by atoms with van der Waals surface area (Å²) in [5.41, 5.74) is 0.671. The average molecular weight is 468 g/mol. The molecule has 1 aromatic carbocycles. The van der Waals surface area contributed by atoms with Gasteiger partial charge in [0.25, 0.3) is 0 Å². The zero-order valence-corrected chi connectivity index (χ0v) is 18.5. The molecule has 0 saturated carbocycles. The smallest absolute Gasteiger partial charge is 0.457 e. The Hall–Kier alpha value is -2.94. The molecule has 3 aromatic rings. The van der Waals surface area contributed by atoms with Crippen LogP contribution in [0.5, 0.6) is 11.5 Å². The number of unbranched alkanes of at least 4 members (excludes halogenated alkanes) is 2. The van der Waals surface area contributed by atoms with Gasteiger partial charge in [-0.3, -0.25) is 0 Å². The first-order valence-corrected chi connectivity index (χ1v) is 10.9. The largest absolute Gasteiger partial charge is 0.573 e. The van der Waals surface area contributed by atoms with Crippen molar-refractivity contribution in [2.75, 3.05) is 6.79 Å². The second-order valence-electron chi connectivity index (χ2n) is 7.20. The quantitative estimate of drug-likeness (QED) is 0.136. The van der Waals surface area contributed by atoms with Gasteiger partial charge >= 0.3 is 12.3 Å². The first-order chi connectivity index (χ1) is 15.2. The number of rotatable bonds is 10. The number of alkyl halides is 3. The molecule has 0 saturated heterocycles. The van der Waals surface area contributed by atoms with E-state index in [0.29, 0.717) is 23.1 Å². The maximum absolute atomic E-state index is 12.9. The first kappa shape index (κ1) is 23.7. The van der Waals surface area contributed by atoms with E-state index >= 15 is 0 Å². The van der Waals surface area contributed by atoms with Gasteiger partial charge < -0.3 is 18.6 Å². The summed E-state index contributed by atoms with van der Waals surface area (Å²) >= 11 is 1.23. The summed E-state index contributed by atoms with van der Waals surface area (Å²) in [5.74, 6) is -0.185. The second kappa shape index (κ2) is 10.1. The third kappa shape index (κ3) is 6.29. The SMILES string of the molecule is C=C(C)C(=O)OCOc1ccc2cc(-c3sc(CCCCC)cc3OC(F)(F)F)oc2c1. The zero-order chi connectivity index (χ0) is 23.3. The van der Waals surface area contributed by atoms with E-state index in [0.717, 1.165) is 24.1 Å². The number of furan rings is 1. The van der Waals surface area contributed by atoms with Crippen LogP contribution in [0.4, 0.5) is 13.2 Å². The molecule has 5 nitrogen and oxygen atoms in total. The Morgan fingerprint density at radius 3 is 2.66 bits per heavy atom. The molecule has 0 amide bonds. The maximum atomic E-state index is 12.9. The summed E-state index contributed by atoms with van der Waals surface area (Å²) < 4.78 is 59.1. The normalized spacial score (nSPS) is 11.5. The molecular formula is C23H23F3O5S. The van der Waals surface area contributed by atoms with E-state index in [1.165, 1.54) is 24.3 Å². The van der Waals surface area contributed by atoms with Crippen LogP contribution in [0, 0.1) is 0 Å². The number of carbonyl (C=O) groups is 1. The Morgan fingerprint density at radius 1 is 1.19 bits per heavy atom. The van der Waals surface area contributed by atoms with Crippen LogP contribution in [0.2, 0.25) is 0 Å². The molecule has 0 spiro atoms. The molecular weight excluding hydrogens is 445 g/mol. The van der Waals surface area contributed by atoms with Crippen LogP contribution in [0.25, 0.3) is 21.6 Å². The number of esters is 1. The molecule has 2 heterocycles. The highest BCUT2D eigenvalue weighted by molar-refractivity contribution is 7.15. The lowest BCUT2D eigenvalue weighted by molar-refractivity contribution is -0.274. The molecule has 172 valence electrons. The molecule has 0 fully saturated rings. The van der Waals surface area contributed by atoms with E-state index in [2.05, 4.69) is 18.2 Å². The second-order valence-corrected chi connectivity index (χ2v) is 8.33. The highest BCUT2D eigenvalue weighted by atomic mass is 32.1. The van der Waals surface area contributed by atoms with Gasteiger partial charge in [-0.1, -0.05) is 26.3 Å². The number of halogens is 3. The fourth-order valence-corrected chi connectivity index (χ4v) is 4.03. The number of carbonyl (C=O) groups excluding carboxylic acids is 1. The first-order valence-electron chi connectivity index (χ1n) is 10.0. The molecule has 32 heavy (non-hydrogen) atoms.